The van der Waals surface area contributed by atoms with Gasteiger partial charge in [-0.15, -0.1) is 0 Å². The Morgan fingerprint density at radius 1 is 0.943 bits per heavy atom. The number of nitrogens with one attached hydrogen (secondary N) is 1. The molecule has 2 aliphatic carbocycles. The van der Waals surface area contributed by atoms with Crippen molar-refractivity contribution in [3.8, 4) is 0 Å². The molecule has 3 fully saturated rings. The Balaban J connectivity index is 1.18. The van der Waals surface area contributed by atoms with E-state index < -0.39 is 47.4 Å². The molecule has 4 aliphatic rings. The molecule has 1 aromatic rings. The molecule has 5 nitrogen and oxygen atoms in total. The zero-order valence-electron chi connectivity index (χ0n) is 18.9. The maximum atomic E-state index is 13.5. The van der Waals surface area contributed by atoms with Gasteiger partial charge in [-0.1, -0.05) is 30.4 Å². The van der Waals surface area contributed by atoms with Crippen molar-refractivity contribution < 1.29 is 31.1 Å². The minimum absolute atomic E-state index is 0.132. The number of nitrogens with zero attached hydrogens (tertiary/aromatic N) is 3. The molecule has 2 amide bonds. The Bertz CT molecular complexity index is 1020. The summed E-state index contributed by atoms with van der Waals surface area (Å²) in [5.41, 5.74) is -2.54. The highest BCUT2D eigenvalue weighted by atomic mass is 19.4. The van der Waals surface area contributed by atoms with Gasteiger partial charge in [-0.05, 0) is 25.0 Å². The van der Waals surface area contributed by atoms with Gasteiger partial charge in [-0.25, -0.2) is 4.79 Å². The van der Waals surface area contributed by atoms with Crippen LogP contribution in [0.3, 0.4) is 0 Å². The molecule has 0 spiro atoms. The minimum atomic E-state index is -4.76. The summed E-state index contributed by atoms with van der Waals surface area (Å²) in [7, 11) is 0. The maximum absolute atomic E-state index is 13.5. The summed E-state index contributed by atoms with van der Waals surface area (Å²) in [5, 5.41) is 2.51. The molecule has 5 rings (SSSR count). The van der Waals surface area contributed by atoms with Gasteiger partial charge in [-0.2, -0.15) is 26.3 Å². The standard InChI is InChI=1S/C24H26F6N4O/c25-23(26,27)16-6-7-19(24(28,29)30)20-13-22(20,12-16)31-21(35)34-14-18(15-34)33-10-8-32(9-11-33)17-4-2-1-3-5-17/h1-5,7,12,18,20H,6,8-11,13-15H2,(H,31,35). The number of likely N-dealkylation sites (tertiary alicyclic amines) is 1. The van der Waals surface area contributed by atoms with Gasteiger partial charge in [0, 0.05) is 68.1 Å². The number of alkyl halides is 6. The van der Waals surface area contributed by atoms with Gasteiger partial charge in [0.05, 0.1) is 5.54 Å². The summed E-state index contributed by atoms with van der Waals surface area (Å²) in [6, 6.07) is 9.57. The van der Waals surface area contributed by atoms with Crippen LogP contribution in [0, 0.1) is 5.92 Å². The second kappa shape index (κ2) is 8.46. The molecule has 2 saturated heterocycles. The largest absolute Gasteiger partial charge is 0.412 e. The van der Waals surface area contributed by atoms with Crippen molar-refractivity contribution >= 4 is 11.7 Å². The first-order valence-electron chi connectivity index (χ1n) is 11.6. The van der Waals surface area contributed by atoms with E-state index in [0.717, 1.165) is 37.9 Å². The van der Waals surface area contributed by atoms with Gasteiger partial charge < -0.3 is 15.1 Å². The lowest BCUT2D eigenvalue weighted by Crippen LogP contribution is -2.66. The number of allylic oxidation sites excluding steroid dienone is 2. The first kappa shape index (κ1) is 24.0. The van der Waals surface area contributed by atoms with Gasteiger partial charge in [-0.3, -0.25) is 4.90 Å². The SMILES string of the molecule is O=C(NC12C=C(C(F)(F)F)CC=C(C(F)(F)F)C1C2)N1CC(N2CCN(c3ccccc3)CC2)C1. The zero-order chi connectivity index (χ0) is 25.0. The number of amides is 2. The van der Waals surface area contributed by atoms with Crippen LogP contribution in [0.15, 0.2) is 53.6 Å². The van der Waals surface area contributed by atoms with E-state index in [1.807, 2.05) is 18.2 Å². The van der Waals surface area contributed by atoms with Crippen molar-refractivity contribution in [2.45, 2.75) is 36.8 Å². The monoisotopic (exact) mass is 500 g/mol. The van der Waals surface area contributed by atoms with Crippen LogP contribution in [0.4, 0.5) is 36.8 Å². The first-order chi connectivity index (χ1) is 16.5. The van der Waals surface area contributed by atoms with Gasteiger partial charge in [0.2, 0.25) is 0 Å². The number of fused-ring (bicyclic) bond motifs is 1. The lowest BCUT2D eigenvalue weighted by atomic mass is 10.0. The van der Waals surface area contributed by atoms with Gasteiger partial charge in [0.1, 0.15) is 0 Å². The van der Waals surface area contributed by atoms with Crippen molar-refractivity contribution in [2.75, 3.05) is 44.2 Å². The normalized spacial score (nSPS) is 27.9. The smallest absolute Gasteiger partial charge is 0.369 e. The van der Waals surface area contributed by atoms with Crippen molar-refractivity contribution in [3.63, 3.8) is 0 Å². The molecule has 0 aromatic heterocycles. The summed E-state index contributed by atoms with van der Waals surface area (Å²) in [4.78, 5) is 18.8. The molecule has 1 N–H and O–H groups in total. The molecule has 35 heavy (non-hydrogen) atoms. The van der Waals surface area contributed by atoms with Crippen molar-refractivity contribution in [3.05, 3.63) is 53.6 Å². The summed E-state index contributed by atoms with van der Waals surface area (Å²) in [6.45, 7) is 4.12. The molecule has 2 unspecified atom stereocenters. The second-order valence-electron chi connectivity index (χ2n) is 9.67. The van der Waals surface area contributed by atoms with E-state index in [0.29, 0.717) is 19.2 Å². The third-order valence-electron chi connectivity index (χ3n) is 7.49. The fourth-order valence-electron chi connectivity index (χ4n) is 5.36. The summed E-state index contributed by atoms with van der Waals surface area (Å²) in [6.07, 6.45) is -9.14. The molecule has 2 atom stereocenters. The van der Waals surface area contributed by atoms with Gasteiger partial charge >= 0.3 is 18.4 Å². The predicted molar refractivity (Wildman–Crippen MR) is 118 cm³/mol. The first-order valence-corrected chi connectivity index (χ1v) is 11.6. The Morgan fingerprint density at radius 3 is 2.20 bits per heavy atom. The van der Waals surface area contributed by atoms with E-state index in [9.17, 15) is 31.1 Å². The van der Waals surface area contributed by atoms with Crippen LogP contribution < -0.4 is 10.2 Å². The number of halogens is 6. The minimum Gasteiger partial charge on any atom is -0.369 e. The van der Waals surface area contributed by atoms with Crippen LogP contribution in [0.2, 0.25) is 0 Å². The van der Waals surface area contributed by atoms with Crippen molar-refractivity contribution in [1.29, 1.82) is 0 Å². The predicted octanol–water partition coefficient (Wildman–Crippen LogP) is 4.34. The maximum Gasteiger partial charge on any atom is 0.412 e. The van der Waals surface area contributed by atoms with Gasteiger partial charge in [0.25, 0.3) is 0 Å². The highest BCUT2D eigenvalue weighted by Crippen LogP contribution is 2.57. The van der Waals surface area contributed by atoms with Crippen LogP contribution in [-0.4, -0.2) is 79.0 Å². The molecular formula is C24H26F6N4O. The van der Waals surface area contributed by atoms with Crippen LogP contribution in [0.25, 0.3) is 0 Å². The number of carbonyl (C=O) groups is 1. The zero-order valence-corrected chi connectivity index (χ0v) is 18.9. The Kier molecular flexibility index (Phi) is 5.81. The van der Waals surface area contributed by atoms with E-state index in [1.165, 1.54) is 4.90 Å². The Labute approximate surface area is 199 Å². The Hall–Kier alpha value is -2.69. The highest BCUT2D eigenvalue weighted by molar-refractivity contribution is 5.77. The fraction of sp³-hybridized carbons (Fsp3) is 0.542. The second-order valence-corrected chi connectivity index (χ2v) is 9.67. The number of carbonyl (C=O) groups excluding carboxylic acids is 1. The third-order valence-corrected chi connectivity index (χ3v) is 7.49. The summed E-state index contributed by atoms with van der Waals surface area (Å²) < 4.78 is 80.5. The van der Waals surface area contributed by atoms with E-state index in [1.54, 1.807) is 0 Å². The number of anilines is 1. The lowest BCUT2D eigenvalue weighted by molar-refractivity contribution is -0.0976. The van der Waals surface area contributed by atoms with Gasteiger partial charge in [0.15, 0.2) is 0 Å². The molecule has 11 heteroatoms. The number of piperazine rings is 1. The summed E-state index contributed by atoms with van der Waals surface area (Å²) >= 11 is 0. The number of urea groups is 1. The topological polar surface area (TPSA) is 38.8 Å². The van der Waals surface area contributed by atoms with Crippen LogP contribution in [-0.2, 0) is 0 Å². The molecule has 0 radical (unpaired) electrons. The van der Waals surface area contributed by atoms with E-state index in [4.69, 9.17) is 0 Å². The van der Waals surface area contributed by atoms with E-state index >= 15 is 0 Å². The number of rotatable bonds is 3. The lowest BCUT2D eigenvalue weighted by Gasteiger charge is -2.48. The van der Waals surface area contributed by atoms with Crippen molar-refractivity contribution in [2.24, 2.45) is 5.92 Å². The summed E-state index contributed by atoms with van der Waals surface area (Å²) in [5.74, 6) is -1.20. The van der Waals surface area contributed by atoms with E-state index in [2.05, 4.69) is 27.2 Å². The average Bonchev–Trinajstić information content (AvgIpc) is 3.45. The average molecular weight is 500 g/mol. The Morgan fingerprint density at radius 2 is 1.60 bits per heavy atom. The molecule has 0 bridgehead atoms. The molecular weight excluding hydrogens is 474 g/mol. The van der Waals surface area contributed by atoms with Crippen LogP contribution >= 0.6 is 0 Å². The van der Waals surface area contributed by atoms with Crippen molar-refractivity contribution in [1.82, 2.24) is 15.1 Å². The molecule has 1 aromatic carbocycles. The third kappa shape index (κ3) is 4.74. The van der Waals surface area contributed by atoms with Crippen LogP contribution in [0.1, 0.15) is 12.8 Å². The number of hydrogen-bond acceptors (Lipinski definition) is 3. The quantitative estimate of drug-likeness (QED) is 0.496. The van der Waals surface area contributed by atoms with Crippen LogP contribution in [0.5, 0.6) is 0 Å². The van der Waals surface area contributed by atoms with E-state index in [-0.39, 0.29) is 12.5 Å². The molecule has 2 heterocycles. The molecule has 2 aliphatic heterocycles. The molecule has 1 saturated carbocycles. The number of benzene rings is 1. The number of hydrogen-bond donors (Lipinski definition) is 1. The highest BCUT2D eigenvalue weighted by Gasteiger charge is 2.62. The number of para-hydroxylation sites is 1. The fourth-order valence-corrected chi connectivity index (χ4v) is 5.36. The molecule has 190 valence electrons.